The fraction of sp³-hybridized carbons (Fsp3) is 0.167. The summed E-state index contributed by atoms with van der Waals surface area (Å²) in [5.74, 6) is -0.00749. The van der Waals surface area contributed by atoms with Crippen molar-refractivity contribution in [2.45, 2.75) is 18.6 Å². The van der Waals surface area contributed by atoms with Crippen LogP contribution in [0, 0.1) is 6.92 Å². The van der Waals surface area contributed by atoms with Gasteiger partial charge in [0.05, 0.1) is 11.5 Å². The Bertz CT molecular complexity index is 756. The van der Waals surface area contributed by atoms with Crippen LogP contribution in [0.25, 0.3) is 0 Å². The minimum absolute atomic E-state index is 0.00749. The maximum atomic E-state index is 12.1. The van der Waals surface area contributed by atoms with Crippen LogP contribution < -0.4 is 5.32 Å². The monoisotopic (exact) mass is 323 g/mol. The van der Waals surface area contributed by atoms with Crippen LogP contribution in [-0.4, -0.2) is 22.5 Å². The molecular formula is C18H17N3OS. The van der Waals surface area contributed by atoms with Crippen molar-refractivity contribution in [3.05, 3.63) is 71.3 Å². The smallest absolute Gasteiger partial charge is 0.239 e. The number of nitrogens with one attached hydrogen (secondary N) is 1. The molecular weight excluding hydrogens is 306 g/mol. The van der Waals surface area contributed by atoms with Crippen molar-refractivity contribution < 1.29 is 4.79 Å². The Hall–Kier alpha value is -2.40. The van der Waals surface area contributed by atoms with Gasteiger partial charge in [-0.3, -0.25) is 4.79 Å². The summed E-state index contributed by atoms with van der Waals surface area (Å²) in [6.07, 6.45) is 2.37. The Kier molecular flexibility index (Phi) is 4.88. The topological polar surface area (TPSA) is 53.8 Å². The third-order valence-corrected chi connectivity index (χ3v) is 4.67. The summed E-state index contributed by atoms with van der Waals surface area (Å²) in [5, 5.41) is 11.3. The Morgan fingerprint density at radius 2 is 1.87 bits per heavy atom. The predicted octanol–water partition coefficient (Wildman–Crippen LogP) is 3.16. The van der Waals surface area contributed by atoms with E-state index >= 15 is 0 Å². The van der Waals surface area contributed by atoms with Gasteiger partial charge >= 0.3 is 0 Å². The number of thioether (sulfide) groups is 1. The molecule has 2 aromatic carbocycles. The highest BCUT2D eigenvalue weighted by molar-refractivity contribution is 8.15. The van der Waals surface area contributed by atoms with Gasteiger partial charge in [-0.1, -0.05) is 66.4 Å². The van der Waals surface area contributed by atoms with Crippen LogP contribution >= 0.6 is 11.8 Å². The standard InChI is InChI=1S/C18H17N3OS/c1-13-7-5-6-10-15(13)11-16-17(22)20-18(23-16)21-19-12-14-8-3-2-4-9-14/h2-10,12,16H,11H2,1H3,(H,20,21,22)/b19-12-/t16-/m0/s1. The molecule has 1 fully saturated rings. The zero-order chi connectivity index (χ0) is 16.1. The van der Waals surface area contributed by atoms with Gasteiger partial charge in [-0.15, -0.1) is 5.10 Å². The first kappa shape index (κ1) is 15.5. The number of nitrogens with zero attached hydrogens (tertiary/aromatic N) is 2. The minimum atomic E-state index is -0.151. The highest BCUT2D eigenvalue weighted by Gasteiger charge is 2.30. The molecule has 1 saturated heterocycles. The summed E-state index contributed by atoms with van der Waals surface area (Å²) >= 11 is 1.43. The molecule has 116 valence electrons. The number of aryl methyl sites for hydroxylation is 1. The number of carbonyl (C=O) groups is 1. The average molecular weight is 323 g/mol. The van der Waals surface area contributed by atoms with Gasteiger partial charge in [0.15, 0.2) is 5.17 Å². The van der Waals surface area contributed by atoms with Crippen LogP contribution in [0.3, 0.4) is 0 Å². The van der Waals surface area contributed by atoms with Crippen LogP contribution in [-0.2, 0) is 11.2 Å². The van der Waals surface area contributed by atoms with Crippen LogP contribution in [0.4, 0.5) is 0 Å². The van der Waals surface area contributed by atoms with Gasteiger partial charge in [-0.25, -0.2) is 0 Å². The number of amidine groups is 1. The summed E-state index contributed by atoms with van der Waals surface area (Å²) in [6.45, 7) is 2.06. The van der Waals surface area contributed by atoms with E-state index in [0.29, 0.717) is 11.6 Å². The van der Waals surface area contributed by atoms with Crippen LogP contribution in [0.15, 0.2) is 64.8 Å². The van der Waals surface area contributed by atoms with Gasteiger partial charge in [0.1, 0.15) is 0 Å². The number of amides is 1. The molecule has 1 atom stereocenters. The molecule has 0 unspecified atom stereocenters. The van der Waals surface area contributed by atoms with Gasteiger partial charge in [-0.2, -0.15) is 5.10 Å². The van der Waals surface area contributed by atoms with E-state index in [0.717, 1.165) is 5.56 Å². The molecule has 23 heavy (non-hydrogen) atoms. The maximum absolute atomic E-state index is 12.1. The van der Waals surface area contributed by atoms with Crippen LogP contribution in [0.5, 0.6) is 0 Å². The van der Waals surface area contributed by atoms with Crippen molar-refractivity contribution in [1.29, 1.82) is 0 Å². The molecule has 0 aliphatic carbocycles. The summed E-state index contributed by atoms with van der Waals surface area (Å²) in [7, 11) is 0. The molecule has 2 aromatic rings. The average Bonchev–Trinajstić information content (AvgIpc) is 2.90. The number of hydrogen-bond acceptors (Lipinski definition) is 4. The molecule has 1 amide bonds. The first-order valence-electron chi connectivity index (χ1n) is 7.40. The van der Waals surface area contributed by atoms with Crippen molar-refractivity contribution in [2.24, 2.45) is 10.2 Å². The Morgan fingerprint density at radius 3 is 2.65 bits per heavy atom. The number of hydrogen-bond donors (Lipinski definition) is 1. The first-order valence-corrected chi connectivity index (χ1v) is 8.28. The minimum Gasteiger partial charge on any atom is -0.303 e. The SMILES string of the molecule is Cc1ccccc1C[C@@H]1S/C(=N/N=C\c2ccccc2)NC1=O. The lowest BCUT2D eigenvalue weighted by molar-refractivity contribution is -0.118. The van der Waals surface area contributed by atoms with E-state index in [1.165, 1.54) is 22.9 Å². The zero-order valence-electron chi connectivity index (χ0n) is 12.8. The summed E-state index contributed by atoms with van der Waals surface area (Å²) < 4.78 is 0. The highest BCUT2D eigenvalue weighted by atomic mass is 32.2. The third kappa shape index (κ3) is 4.07. The van der Waals surface area contributed by atoms with E-state index < -0.39 is 0 Å². The Balaban J connectivity index is 1.64. The number of benzene rings is 2. The molecule has 1 aliphatic rings. The third-order valence-electron chi connectivity index (χ3n) is 3.60. The Morgan fingerprint density at radius 1 is 1.13 bits per heavy atom. The highest BCUT2D eigenvalue weighted by Crippen LogP contribution is 2.24. The number of rotatable bonds is 4. The predicted molar refractivity (Wildman–Crippen MR) is 95.9 cm³/mol. The van der Waals surface area contributed by atoms with Crippen LogP contribution in [0.1, 0.15) is 16.7 Å². The van der Waals surface area contributed by atoms with E-state index in [1.807, 2.05) is 42.5 Å². The quantitative estimate of drug-likeness (QED) is 0.694. The second-order valence-corrected chi connectivity index (χ2v) is 6.48. The van der Waals surface area contributed by atoms with Gasteiger partial charge in [0.25, 0.3) is 0 Å². The van der Waals surface area contributed by atoms with Gasteiger partial charge in [-0.05, 0) is 30.0 Å². The second-order valence-electron chi connectivity index (χ2n) is 5.29. The molecule has 1 aliphatic heterocycles. The molecule has 0 bridgehead atoms. The molecule has 0 radical (unpaired) electrons. The fourth-order valence-electron chi connectivity index (χ4n) is 2.31. The van der Waals surface area contributed by atoms with Gasteiger partial charge in [0, 0.05) is 0 Å². The van der Waals surface area contributed by atoms with E-state index in [-0.39, 0.29) is 11.2 Å². The van der Waals surface area contributed by atoms with Crippen molar-refractivity contribution in [1.82, 2.24) is 5.32 Å². The molecule has 3 rings (SSSR count). The lowest BCUT2D eigenvalue weighted by Crippen LogP contribution is -2.26. The lowest BCUT2D eigenvalue weighted by atomic mass is 10.0. The normalized spacial score (nSPS) is 19.4. The van der Waals surface area contributed by atoms with Crippen molar-refractivity contribution in [2.75, 3.05) is 0 Å². The summed E-state index contributed by atoms with van der Waals surface area (Å²) in [4.78, 5) is 12.1. The van der Waals surface area contributed by atoms with Crippen molar-refractivity contribution in [3.8, 4) is 0 Å². The summed E-state index contributed by atoms with van der Waals surface area (Å²) in [6, 6.07) is 17.9. The molecule has 1 heterocycles. The second kappa shape index (κ2) is 7.24. The molecule has 0 spiro atoms. The van der Waals surface area contributed by atoms with Crippen molar-refractivity contribution in [3.63, 3.8) is 0 Å². The van der Waals surface area contributed by atoms with Crippen LogP contribution in [0.2, 0.25) is 0 Å². The largest absolute Gasteiger partial charge is 0.303 e. The molecule has 0 aromatic heterocycles. The van der Waals surface area contributed by atoms with E-state index in [1.54, 1.807) is 6.21 Å². The molecule has 5 heteroatoms. The summed E-state index contributed by atoms with van der Waals surface area (Å²) in [5.41, 5.74) is 3.37. The Labute approximate surface area is 139 Å². The van der Waals surface area contributed by atoms with E-state index in [9.17, 15) is 4.79 Å². The number of carbonyl (C=O) groups excluding carboxylic acids is 1. The van der Waals surface area contributed by atoms with Crippen molar-refractivity contribution >= 4 is 29.1 Å². The van der Waals surface area contributed by atoms with Gasteiger partial charge in [0.2, 0.25) is 5.91 Å². The zero-order valence-corrected chi connectivity index (χ0v) is 13.6. The molecule has 0 saturated carbocycles. The lowest BCUT2D eigenvalue weighted by Gasteiger charge is -2.07. The molecule has 1 N–H and O–H groups in total. The fourth-order valence-corrected chi connectivity index (χ4v) is 3.26. The van der Waals surface area contributed by atoms with E-state index in [2.05, 4.69) is 34.6 Å². The first-order chi connectivity index (χ1) is 11.2. The maximum Gasteiger partial charge on any atom is 0.239 e. The van der Waals surface area contributed by atoms with E-state index in [4.69, 9.17) is 0 Å². The molecule has 4 nitrogen and oxygen atoms in total. The van der Waals surface area contributed by atoms with Gasteiger partial charge < -0.3 is 5.32 Å².